The molecule has 0 saturated heterocycles. The van der Waals surface area contributed by atoms with Crippen LogP contribution in [-0.2, 0) is 18.9 Å². The quantitative estimate of drug-likeness (QED) is 0.467. The lowest BCUT2D eigenvalue weighted by molar-refractivity contribution is -0.00481. The Kier molecular flexibility index (Phi) is 24.5. The van der Waals surface area contributed by atoms with E-state index in [2.05, 4.69) is 0 Å². The molecule has 18 heavy (non-hydrogen) atoms. The van der Waals surface area contributed by atoms with Crippen LogP contribution in [0.4, 0.5) is 0 Å². The van der Waals surface area contributed by atoms with E-state index >= 15 is 0 Å². The van der Waals surface area contributed by atoms with Gasteiger partial charge in [-0.05, 0) is 0 Å². The Morgan fingerprint density at radius 3 is 1.39 bits per heavy atom. The van der Waals surface area contributed by atoms with Crippen molar-refractivity contribution in [3.63, 3.8) is 0 Å². The summed E-state index contributed by atoms with van der Waals surface area (Å²) in [6, 6.07) is 0. The van der Waals surface area contributed by atoms with E-state index in [1.54, 1.807) is 0 Å². The largest absolute Gasteiger partial charge is 0.394 e. The number of aliphatic hydroxyl groups excluding tert-OH is 1. The lowest BCUT2D eigenvalue weighted by Crippen LogP contribution is -2.14. The summed E-state index contributed by atoms with van der Waals surface area (Å²) in [5, 5.41) is 8.42. The molecule has 114 valence electrons. The Hall–Kier alpha value is -0.240. The molecule has 0 rings (SSSR count). The average Bonchev–Trinajstić information content (AvgIpc) is 2.42. The predicted octanol–water partition coefficient (Wildman–Crippen LogP) is 0.276. The highest BCUT2D eigenvalue weighted by molar-refractivity contribution is 4.35. The summed E-state index contributed by atoms with van der Waals surface area (Å²) in [6.45, 7) is 8.75. The smallest absolute Gasteiger partial charge is 0.0701 e. The van der Waals surface area contributed by atoms with Crippen LogP contribution in [0.15, 0.2) is 0 Å². The van der Waals surface area contributed by atoms with E-state index in [4.69, 9.17) is 29.8 Å². The highest BCUT2D eigenvalue weighted by atomic mass is 16.6. The number of ether oxygens (including phenoxy) is 4. The highest BCUT2D eigenvalue weighted by Crippen LogP contribution is 1.82. The molecule has 3 N–H and O–H groups in total. The van der Waals surface area contributed by atoms with Gasteiger partial charge in [-0.2, -0.15) is 0 Å². The van der Waals surface area contributed by atoms with Gasteiger partial charge in [0.2, 0.25) is 0 Å². The van der Waals surface area contributed by atoms with Gasteiger partial charge in [0.25, 0.3) is 0 Å². The summed E-state index contributed by atoms with van der Waals surface area (Å²) in [7, 11) is 0. The number of rotatable bonds is 13. The molecule has 0 saturated carbocycles. The Bertz CT molecular complexity index is 119. The lowest BCUT2D eigenvalue weighted by Gasteiger charge is -2.06. The Morgan fingerprint density at radius 1 is 0.722 bits per heavy atom. The molecule has 6 heteroatoms. The van der Waals surface area contributed by atoms with Crippen LogP contribution >= 0.6 is 0 Å². The molecule has 0 heterocycles. The van der Waals surface area contributed by atoms with E-state index in [-0.39, 0.29) is 8.03 Å². The molecule has 0 bridgehead atoms. The van der Waals surface area contributed by atoms with E-state index in [1.807, 2.05) is 13.8 Å². The van der Waals surface area contributed by atoms with Gasteiger partial charge in [-0.1, -0.05) is 13.8 Å². The van der Waals surface area contributed by atoms with Gasteiger partial charge in [0.05, 0.1) is 59.5 Å². The van der Waals surface area contributed by atoms with Crippen LogP contribution in [0, 0.1) is 0 Å². The van der Waals surface area contributed by atoms with Crippen LogP contribution in [0.5, 0.6) is 0 Å². The topological polar surface area (TPSA) is 83.2 Å². The fraction of sp³-hybridized carbons (Fsp3) is 1.00. The minimum absolute atomic E-state index is 0. The fourth-order valence-corrected chi connectivity index (χ4v) is 0.910. The highest BCUT2D eigenvalue weighted by Gasteiger charge is 1.91. The van der Waals surface area contributed by atoms with Crippen LogP contribution in [0.2, 0.25) is 0 Å². The second-order valence-corrected chi connectivity index (χ2v) is 2.96. The molecule has 0 aliphatic carbocycles. The monoisotopic (exact) mass is 269 g/mol. The standard InChI is InChI=1S/C10H23NO5.C2H6.H2/c11-1-3-13-5-7-15-9-10-16-8-6-14-4-2-12;1-2;/h12H,1-11H2;1-2H3;1H. The van der Waals surface area contributed by atoms with E-state index in [0.717, 1.165) is 0 Å². The van der Waals surface area contributed by atoms with Crippen molar-refractivity contribution in [2.24, 2.45) is 5.73 Å². The van der Waals surface area contributed by atoms with Crippen LogP contribution in [0.25, 0.3) is 0 Å². The first kappa shape index (κ1) is 20.1. The maximum atomic E-state index is 8.42. The van der Waals surface area contributed by atoms with Crippen molar-refractivity contribution in [3.05, 3.63) is 0 Å². The summed E-state index contributed by atoms with van der Waals surface area (Å²) < 4.78 is 20.6. The van der Waals surface area contributed by atoms with Crippen molar-refractivity contribution in [3.8, 4) is 0 Å². The zero-order valence-corrected chi connectivity index (χ0v) is 11.7. The molecule has 0 aromatic heterocycles. The Balaban J connectivity index is -0.000000809. The summed E-state index contributed by atoms with van der Waals surface area (Å²) in [5.74, 6) is 0. The van der Waals surface area contributed by atoms with Gasteiger partial charge in [-0.3, -0.25) is 0 Å². The van der Waals surface area contributed by atoms with Gasteiger partial charge in [0.15, 0.2) is 0 Å². The van der Waals surface area contributed by atoms with E-state index in [9.17, 15) is 0 Å². The molecule has 0 unspecified atom stereocenters. The second-order valence-electron chi connectivity index (χ2n) is 2.96. The first-order chi connectivity index (χ1) is 8.91. The van der Waals surface area contributed by atoms with E-state index in [0.29, 0.717) is 59.4 Å². The van der Waals surface area contributed by atoms with Crippen molar-refractivity contribution in [1.29, 1.82) is 0 Å². The first-order valence-corrected chi connectivity index (χ1v) is 6.53. The van der Waals surface area contributed by atoms with Crippen LogP contribution in [0.1, 0.15) is 15.3 Å². The van der Waals surface area contributed by atoms with Crippen molar-refractivity contribution >= 4 is 0 Å². The van der Waals surface area contributed by atoms with E-state index in [1.165, 1.54) is 0 Å². The number of hydrogen-bond acceptors (Lipinski definition) is 6. The lowest BCUT2D eigenvalue weighted by atomic mass is 10.7. The average molecular weight is 269 g/mol. The van der Waals surface area contributed by atoms with Gasteiger partial charge in [0.1, 0.15) is 0 Å². The molecule has 0 aromatic carbocycles. The molecule has 0 fully saturated rings. The zero-order valence-electron chi connectivity index (χ0n) is 11.7. The van der Waals surface area contributed by atoms with Gasteiger partial charge < -0.3 is 29.8 Å². The maximum absolute atomic E-state index is 8.42. The van der Waals surface area contributed by atoms with Crippen LogP contribution in [-0.4, -0.2) is 71.1 Å². The molecular weight excluding hydrogens is 238 g/mol. The molecule has 0 atom stereocenters. The summed E-state index contributed by atoms with van der Waals surface area (Å²) in [5.41, 5.74) is 5.25. The Labute approximate surface area is 112 Å². The zero-order chi connectivity index (χ0) is 13.9. The maximum Gasteiger partial charge on any atom is 0.0701 e. The minimum Gasteiger partial charge on any atom is -0.394 e. The number of aliphatic hydroxyl groups is 1. The molecule has 0 spiro atoms. The van der Waals surface area contributed by atoms with Crippen LogP contribution < -0.4 is 5.73 Å². The summed E-state index contributed by atoms with van der Waals surface area (Å²) in [4.78, 5) is 0. The van der Waals surface area contributed by atoms with Gasteiger partial charge in [-0.25, -0.2) is 0 Å². The number of nitrogens with two attached hydrogens (primary N) is 1. The molecule has 0 aliphatic heterocycles. The van der Waals surface area contributed by atoms with Gasteiger partial charge in [0, 0.05) is 7.97 Å². The summed E-state index contributed by atoms with van der Waals surface area (Å²) in [6.07, 6.45) is 0. The fourth-order valence-electron chi connectivity index (χ4n) is 0.910. The molecule has 0 radical (unpaired) electrons. The van der Waals surface area contributed by atoms with Gasteiger partial charge in [-0.15, -0.1) is 0 Å². The summed E-state index contributed by atoms with van der Waals surface area (Å²) >= 11 is 0. The third-order valence-electron chi connectivity index (χ3n) is 1.61. The number of hydrogen-bond donors (Lipinski definition) is 2. The van der Waals surface area contributed by atoms with Crippen molar-refractivity contribution in [2.75, 3.05) is 66.0 Å². The third-order valence-corrected chi connectivity index (χ3v) is 1.61. The second kappa shape index (κ2) is 22.0. The van der Waals surface area contributed by atoms with Gasteiger partial charge >= 0.3 is 0 Å². The SMILES string of the molecule is CC.NCCOCCOCCOCCOCCO.[HH]. The molecular formula is C12H31NO5. The predicted molar refractivity (Wildman–Crippen MR) is 72.9 cm³/mol. The van der Waals surface area contributed by atoms with E-state index < -0.39 is 0 Å². The van der Waals surface area contributed by atoms with Crippen molar-refractivity contribution in [1.82, 2.24) is 0 Å². The normalized spacial score (nSPS) is 10.0. The molecule has 0 amide bonds. The van der Waals surface area contributed by atoms with Crippen molar-refractivity contribution < 1.29 is 25.5 Å². The van der Waals surface area contributed by atoms with Crippen LogP contribution in [0.3, 0.4) is 0 Å². The molecule has 0 aliphatic rings. The molecule has 0 aromatic rings. The van der Waals surface area contributed by atoms with Crippen molar-refractivity contribution in [2.45, 2.75) is 13.8 Å². The first-order valence-electron chi connectivity index (χ1n) is 6.53. The minimum atomic E-state index is 0. The third kappa shape index (κ3) is 21.1. The Morgan fingerprint density at radius 2 is 1.06 bits per heavy atom. The molecule has 6 nitrogen and oxygen atoms in total.